The van der Waals surface area contributed by atoms with Crippen LogP contribution in [0.25, 0.3) is 0 Å². The van der Waals surface area contributed by atoms with Crippen LogP contribution in [0.15, 0.2) is 16.3 Å². The predicted molar refractivity (Wildman–Crippen MR) is 69.0 cm³/mol. The SMILES string of the molecule is CC(C)(CCl)CNS(=O)(=O)c1ccc(Cl)s1. The van der Waals surface area contributed by atoms with Crippen molar-refractivity contribution < 1.29 is 8.42 Å². The van der Waals surface area contributed by atoms with Gasteiger partial charge in [0.2, 0.25) is 10.0 Å². The van der Waals surface area contributed by atoms with Gasteiger partial charge in [0, 0.05) is 12.4 Å². The number of alkyl halides is 1. The number of nitrogens with one attached hydrogen (secondary N) is 1. The zero-order valence-corrected chi connectivity index (χ0v) is 12.1. The molecule has 0 radical (unpaired) electrons. The number of sulfonamides is 1. The summed E-state index contributed by atoms with van der Waals surface area (Å²) >= 11 is 12.4. The van der Waals surface area contributed by atoms with Crippen molar-refractivity contribution in [2.45, 2.75) is 18.1 Å². The van der Waals surface area contributed by atoms with Crippen molar-refractivity contribution in [3.63, 3.8) is 0 Å². The molecule has 16 heavy (non-hydrogen) atoms. The first-order valence-corrected chi connectivity index (χ1v) is 7.79. The van der Waals surface area contributed by atoms with Gasteiger partial charge < -0.3 is 0 Å². The van der Waals surface area contributed by atoms with E-state index >= 15 is 0 Å². The molecule has 92 valence electrons. The van der Waals surface area contributed by atoms with E-state index in [4.69, 9.17) is 23.2 Å². The maximum absolute atomic E-state index is 11.8. The van der Waals surface area contributed by atoms with E-state index in [2.05, 4.69) is 4.72 Å². The number of halogens is 2. The van der Waals surface area contributed by atoms with E-state index in [-0.39, 0.29) is 9.62 Å². The second kappa shape index (κ2) is 5.23. The molecule has 0 aliphatic carbocycles. The summed E-state index contributed by atoms with van der Waals surface area (Å²) in [7, 11) is -3.46. The topological polar surface area (TPSA) is 46.2 Å². The first kappa shape index (κ1) is 14.3. The molecular weight excluding hydrogens is 289 g/mol. The molecule has 1 heterocycles. The molecule has 0 fully saturated rings. The van der Waals surface area contributed by atoms with Gasteiger partial charge in [-0.1, -0.05) is 25.4 Å². The minimum Gasteiger partial charge on any atom is -0.210 e. The Balaban J connectivity index is 2.74. The molecule has 1 aromatic heterocycles. The average molecular weight is 302 g/mol. The monoisotopic (exact) mass is 301 g/mol. The third-order valence-electron chi connectivity index (χ3n) is 1.92. The van der Waals surface area contributed by atoms with Crippen LogP contribution in [0.5, 0.6) is 0 Å². The Bertz CT molecular complexity index is 454. The van der Waals surface area contributed by atoms with E-state index in [1.165, 1.54) is 6.07 Å². The lowest BCUT2D eigenvalue weighted by molar-refractivity contribution is 0.414. The second-order valence-electron chi connectivity index (χ2n) is 4.18. The van der Waals surface area contributed by atoms with Crippen LogP contribution in [-0.2, 0) is 10.0 Å². The van der Waals surface area contributed by atoms with Crippen molar-refractivity contribution in [3.8, 4) is 0 Å². The van der Waals surface area contributed by atoms with Crippen molar-refractivity contribution in [1.82, 2.24) is 4.72 Å². The third kappa shape index (κ3) is 3.89. The van der Waals surface area contributed by atoms with Crippen LogP contribution in [0.3, 0.4) is 0 Å². The lowest BCUT2D eigenvalue weighted by atomic mass is 9.97. The van der Waals surface area contributed by atoms with Crippen LogP contribution in [0, 0.1) is 5.41 Å². The highest BCUT2D eigenvalue weighted by Gasteiger charge is 2.22. The Morgan fingerprint density at radius 2 is 2.06 bits per heavy atom. The number of rotatable bonds is 5. The molecule has 0 atom stereocenters. The predicted octanol–water partition coefficient (Wildman–Crippen LogP) is 2.94. The van der Waals surface area contributed by atoms with Crippen molar-refractivity contribution in [2.75, 3.05) is 12.4 Å². The van der Waals surface area contributed by atoms with Crippen LogP contribution >= 0.6 is 34.5 Å². The zero-order chi connectivity index (χ0) is 12.4. The summed E-state index contributed by atoms with van der Waals surface area (Å²) < 4.78 is 26.8. The molecule has 7 heteroatoms. The lowest BCUT2D eigenvalue weighted by Crippen LogP contribution is -2.34. The first-order valence-electron chi connectivity index (χ1n) is 4.58. The summed E-state index contributed by atoms with van der Waals surface area (Å²) in [5.41, 5.74) is -0.268. The fourth-order valence-electron chi connectivity index (χ4n) is 0.851. The minimum absolute atomic E-state index is 0.225. The van der Waals surface area contributed by atoms with E-state index in [1.54, 1.807) is 6.07 Å². The normalized spacial score (nSPS) is 13.0. The van der Waals surface area contributed by atoms with Gasteiger partial charge in [0.15, 0.2) is 0 Å². The second-order valence-corrected chi connectivity index (χ2v) is 8.16. The maximum atomic E-state index is 11.8. The molecule has 1 N–H and O–H groups in total. The molecule has 0 saturated carbocycles. The summed E-state index contributed by atoms with van der Waals surface area (Å²) in [4.78, 5) is 0. The zero-order valence-electron chi connectivity index (χ0n) is 8.96. The lowest BCUT2D eigenvalue weighted by Gasteiger charge is -2.21. The molecule has 1 rings (SSSR count). The molecule has 0 aliphatic rings. The number of hydrogen-bond donors (Lipinski definition) is 1. The summed E-state index contributed by atoms with van der Waals surface area (Å²) in [6, 6.07) is 3.05. The van der Waals surface area contributed by atoms with Gasteiger partial charge in [0.1, 0.15) is 4.21 Å². The number of hydrogen-bond acceptors (Lipinski definition) is 3. The molecule has 0 unspecified atom stereocenters. The van der Waals surface area contributed by atoms with Crippen LogP contribution in [0.1, 0.15) is 13.8 Å². The van der Waals surface area contributed by atoms with Crippen molar-refractivity contribution in [2.24, 2.45) is 5.41 Å². The van der Waals surface area contributed by atoms with Crippen molar-refractivity contribution in [1.29, 1.82) is 0 Å². The van der Waals surface area contributed by atoms with Gasteiger partial charge in [-0.05, 0) is 17.5 Å². The molecule has 0 saturated heterocycles. The maximum Gasteiger partial charge on any atom is 0.250 e. The Morgan fingerprint density at radius 1 is 1.44 bits per heavy atom. The molecular formula is C9H13Cl2NO2S2. The minimum atomic E-state index is -3.46. The smallest absolute Gasteiger partial charge is 0.210 e. The van der Waals surface area contributed by atoms with Gasteiger partial charge in [0.25, 0.3) is 0 Å². The van der Waals surface area contributed by atoms with Gasteiger partial charge in [-0.15, -0.1) is 22.9 Å². The molecule has 3 nitrogen and oxygen atoms in total. The number of thiophene rings is 1. The van der Waals surface area contributed by atoms with Crippen molar-refractivity contribution in [3.05, 3.63) is 16.5 Å². The van der Waals surface area contributed by atoms with E-state index in [0.717, 1.165) is 11.3 Å². The largest absolute Gasteiger partial charge is 0.250 e. The highest BCUT2D eigenvalue weighted by Crippen LogP contribution is 2.26. The van der Waals surface area contributed by atoms with Crippen LogP contribution < -0.4 is 4.72 Å². The van der Waals surface area contributed by atoms with E-state index in [0.29, 0.717) is 16.8 Å². The fourth-order valence-corrected chi connectivity index (χ4v) is 3.71. The van der Waals surface area contributed by atoms with Gasteiger partial charge in [-0.2, -0.15) is 0 Å². The standard InChI is InChI=1S/C9H13Cl2NO2S2/c1-9(2,5-10)6-12-16(13,14)8-4-3-7(11)15-8/h3-4,12H,5-6H2,1-2H3. The van der Waals surface area contributed by atoms with Gasteiger partial charge in [0.05, 0.1) is 4.34 Å². The summed E-state index contributed by atoms with van der Waals surface area (Å²) in [6.07, 6.45) is 0. The Labute approximate surface area is 110 Å². The summed E-state index contributed by atoms with van der Waals surface area (Å²) in [6.45, 7) is 4.09. The fraction of sp³-hybridized carbons (Fsp3) is 0.556. The average Bonchev–Trinajstić information content (AvgIpc) is 2.63. The van der Waals surface area contributed by atoms with Gasteiger partial charge in [-0.25, -0.2) is 13.1 Å². The molecule has 1 aromatic rings. The summed E-state index contributed by atoms with van der Waals surface area (Å²) in [5, 5.41) is 0. The van der Waals surface area contributed by atoms with Gasteiger partial charge in [-0.3, -0.25) is 0 Å². The van der Waals surface area contributed by atoms with Crippen LogP contribution in [0.4, 0.5) is 0 Å². The quantitative estimate of drug-likeness (QED) is 0.850. The Kier molecular flexibility index (Phi) is 4.66. The Morgan fingerprint density at radius 3 is 2.50 bits per heavy atom. The van der Waals surface area contributed by atoms with Gasteiger partial charge >= 0.3 is 0 Å². The highest BCUT2D eigenvalue weighted by molar-refractivity contribution is 7.91. The molecule has 0 aromatic carbocycles. The molecule has 0 bridgehead atoms. The van der Waals surface area contributed by atoms with Crippen LogP contribution in [-0.4, -0.2) is 20.8 Å². The summed E-state index contributed by atoms with van der Waals surface area (Å²) in [5.74, 6) is 0.390. The van der Waals surface area contributed by atoms with E-state index in [1.807, 2.05) is 13.8 Å². The third-order valence-corrected chi connectivity index (χ3v) is 5.76. The van der Waals surface area contributed by atoms with E-state index in [9.17, 15) is 8.42 Å². The Hall–Kier alpha value is 0.190. The van der Waals surface area contributed by atoms with E-state index < -0.39 is 10.0 Å². The molecule has 0 spiro atoms. The van der Waals surface area contributed by atoms with Crippen LogP contribution in [0.2, 0.25) is 4.34 Å². The first-order chi connectivity index (χ1) is 7.27. The van der Waals surface area contributed by atoms with Crippen molar-refractivity contribution >= 4 is 44.6 Å². The highest BCUT2D eigenvalue weighted by atomic mass is 35.5. The molecule has 0 aliphatic heterocycles. The molecule has 0 amide bonds.